The first-order chi connectivity index (χ1) is 17.8. The molecule has 2 amide bonds. The van der Waals surface area contributed by atoms with E-state index in [1.807, 2.05) is 0 Å². The van der Waals surface area contributed by atoms with Crippen molar-refractivity contribution in [1.29, 1.82) is 0 Å². The second-order valence-electron chi connectivity index (χ2n) is 7.82. The molecule has 37 heavy (non-hydrogen) atoms. The lowest BCUT2D eigenvalue weighted by atomic mass is 10.2. The number of benzene rings is 1. The van der Waals surface area contributed by atoms with E-state index in [0.717, 1.165) is 10.1 Å². The largest absolute Gasteiger partial charge is 0.493 e. The zero-order chi connectivity index (χ0) is 26.6. The van der Waals surface area contributed by atoms with Crippen molar-refractivity contribution in [3.05, 3.63) is 70.5 Å². The number of aryl methyl sites for hydroxylation is 1. The molecule has 1 atom stereocenters. The number of anilines is 1. The van der Waals surface area contributed by atoms with Crippen molar-refractivity contribution >= 4 is 23.9 Å². The number of carboxylic acids is 1. The van der Waals surface area contributed by atoms with Crippen LogP contribution >= 0.6 is 0 Å². The minimum atomic E-state index is -1.47. The van der Waals surface area contributed by atoms with Gasteiger partial charge in [-0.25, -0.2) is 24.4 Å². The number of aromatic hydroxyl groups is 1. The molecular weight excluding hydrogens is 486 g/mol. The monoisotopic (exact) mass is 513 g/mol. The Kier molecular flexibility index (Phi) is 9.59. The molecule has 3 aromatic rings. The Hall–Kier alpha value is -4.88. The first kappa shape index (κ1) is 26.7. The average Bonchev–Trinajstić information content (AvgIpc) is 3.16. The van der Waals surface area contributed by atoms with Gasteiger partial charge in [0.25, 0.3) is 0 Å². The highest BCUT2D eigenvalue weighted by Crippen LogP contribution is 2.14. The van der Waals surface area contributed by atoms with Crippen LogP contribution in [0.3, 0.4) is 0 Å². The van der Waals surface area contributed by atoms with Crippen LogP contribution in [0.4, 0.5) is 10.7 Å². The number of hydrogen-bond acceptors (Lipinski definition) is 9. The average molecular weight is 514 g/mol. The summed E-state index contributed by atoms with van der Waals surface area (Å²) in [7, 11) is 0. The fourth-order valence-corrected chi connectivity index (χ4v) is 3.21. The maximum atomic E-state index is 12.3. The molecule has 0 saturated heterocycles. The Bertz CT molecular complexity index is 1250. The Morgan fingerprint density at radius 2 is 1.84 bits per heavy atom. The number of nitrogens with zero attached hydrogens (tertiary/aromatic N) is 3. The number of imidazole rings is 1. The summed E-state index contributed by atoms with van der Waals surface area (Å²) in [5.74, 6) is -2.08. The van der Waals surface area contributed by atoms with E-state index >= 15 is 0 Å². The Morgan fingerprint density at radius 3 is 2.54 bits per heavy atom. The summed E-state index contributed by atoms with van der Waals surface area (Å²) in [5.41, 5.74) is 0.273. The minimum absolute atomic E-state index is 0.0561. The lowest BCUT2D eigenvalue weighted by molar-refractivity contribution is -0.139. The van der Waals surface area contributed by atoms with Crippen LogP contribution in [0, 0.1) is 0 Å². The van der Waals surface area contributed by atoms with Crippen LogP contribution in [0.5, 0.6) is 5.88 Å². The van der Waals surface area contributed by atoms with Gasteiger partial charge in [0.1, 0.15) is 19.2 Å². The predicted octanol–water partition coefficient (Wildman–Crippen LogP) is 0.213. The summed E-state index contributed by atoms with van der Waals surface area (Å²) in [5, 5.41) is 27.2. The molecule has 0 aliphatic heterocycles. The highest BCUT2D eigenvalue weighted by Gasteiger charge is 2.22. The third kappa shape index (κ3) is 8.38. The van der Waals surface area contributed by atoms with Crippen LogP contribution in [0.1, 0.15) is 17.7 Å². The van der Waals surface area contributed by atoms with E-state index in [2.05, 4.69) is 30.9 Å². The van der Waals surface area contributed by atoms with Gasteiger partial charge in [-0.15, -0.1) is 0 Å². The van der Waals surface area contributed by atoms with Gasteiger partial charge in [0, 0.05) is 25.5 Å². The third-order valence-electron chi connectivity index (χ3n) is 5.09. The van der Waals surface area contributed by atoms with Crippen molar-refractivity contribution in [2.75, 3.05) is 18.4 Å². The number of aromatic amines is 1. The van der Waals surface area contributed by atoms with Crippen molar-refractivity contribution in [2.24, 2.45) is 0 Å². The summed E-state index contributed by atoms with van der Waals surface area (Å²) in [6, 6.07) is 9.02. The van der Waals surface area contributed by atoms with E-state index in [4.69, 9.17) is 4.74 Å². The van der Waals surface area contributed by atoms with Crippen molar-refractivity contribution < 1.29 is 29.3 Å². The molecule has 6 N–H and O–H groups in total. The van der Waals surface area contributed by atoms with E-state index in [9.17, 15) is 29.4 Å². The van der Waals surface area contributed by atoms with Gasteiger partial charge in [-0.05, 0) is 24.5 Å². The molecular formula is C23H27N7O7. The van der Waals surface area contributed by atoms with Gasteiger partial charge >= 0.3 is 17.8 Å². The van der Waals surface area contributed by atoms with Crippen molar-refractivity contribution in [3.63, 3.8) is 0 Å². The number of ether oxygens (including phenoxy) is 1. The van der Waals surface area contributed by atoms with Crippen LogP contribution < -0.4 is 21.6 Å². The molecule has 14 heteroatoms. The summed E-state index contributed by atoms with van der Waals surface area (Å²) >= 11 is 0. The normalized spacial score (nSPS) is 11.4. The van der Waals surface area contributed by atoms with Gasteiger partial charge < -0.3 is 35.9 Å². The fraction of sp³-hybridized carbons (Fsp3) is 0.304. The van der Waals surface area contributed by atoms with E-state index in [1.165, 1.54) is 0 Å². The summed E-state index contributed by atoms with van der Waals surface area (Å²) in [4.78, 5) is 58.5. The van der Waals surface area contributed by atoms with Crippen molar-refractivity contribution in [1.82, 2.24) is 30.2 Å². The van der Waals surface area contributed by atoms with Gasteiger partial charge in [-0.2, -0.15) is 0 Å². The van der Waals surface area contributed by atoms with Crippen molar-refractivity contribution in [2.45, 2.75) is 32.0 Å². The number of amides is 2. The smallest absolute Gasteiger partial charge is 0.408 e. The number of carboxylic acid groups (broad SMARTS) is 1. The number of carbonyl (C=O) groups is 3. The second kappa shape index (κ2) is 13.3. The predicted molar refractivity (Wildman–Crippen MR) is 130 cm³/mol. The van der Waals surface area contributed by atoms with Gasteiger partial charge in [0.15, 0.2) is 0 Å². The maximum absolute atomic E-state index is 12.3. The topological polar surface area (TPSA) is 201 Å². The first-order valence-electron chi connectivity index (χ1n) is 11.3. The van der Waals surface area contributed by atoms with Crippen LogP contribution in [0.2, 0.25) is 0 Å². The van der Waals surface area contributed by atoms with Gasteiger partial charge in [-0.3, -0.25) is 9.36 Å². The standard InChI is InChI=1S/C23H27N7O7/c31-18(27-12-17(20(33)34)29-23(36)37-14-15-6-2-1-3-7-15)13-30-19(32)16(28-22(30)35)8-4-9-24-21-25-10-5-11-26-21/h1-3,5-7,10-11,17,32H,4,8-9,12-14H2,(H,27,31)(H,28,35)(H,29,36)(H,33,34)(H,24,25,26). The first-order valence-corrected chi connectivity index (χ1v) is 11.3. The number of rotatable bonds is 13. The van der Waals surface area contributed by atoms with Crippen molar-refractivity contribution in [3.8, 4) is 5.88 Å². The third-order valence-corrected chi connectivity index (χ3v) is 5.09. The van der Waals surface area contributed by atoms with Crippen LogP contribution in [-0.2, 0) is 33.9 Å². The number of alkyl carbamates (subject to hydrolysis) is 1. The zero-order valence-corrected chi connectivity index (χ0v) is 19.7. The molecule has 2 aromatic heterocycles. The minimum Gasteiger partial charge on any atom is -0.493 e. The molecule has 2 heterocycles. The fourth-order valence-electron chi connectivity index (χ4n) is 3.21. The highest BCUT2D eigenvalue weighted by molar-refractivity contribution is 5.82. The number of nitrogens with one attached hydrogen (secondary N) is 4. The summed E-state index contributed by atoms with van der Waals surface area (Å²) in [6.07, 6.45) is 3.06. The van der Waals surface area contributed by atoms with E-state index in [-0.39, 0.29) is 12.3 Å². The molecule has 14 nitrogen and oxygen atoms in total. The number of aromatic nitrogens is 4. The van der Waals surface area contributed by atoms with Crippen LogP contribution in [0.15, 0.2) is 53.6 Å². The summed E-state index contributed by atoms with van der Waals surface area (Å²) in [6.45, 7) is -0.593. The molecule has 196 valence electrons. The SMILES string of the molecule is O=C(Cn1c(O)c(CCCNc2ncccn2)[nH]c1=O)NCC(NC(=O)OCc1ccccc1)C(=O)O. The highest BCUT2D eigenvalue weighted by atomic mass is 16.5. The quantitative estimate of drug-likeness (QED) is 0.172. The molecule has 0 aliphatic carbocycles. The van der Waals surface area contributed by atoms with Crippen LogP contribution in [-0.4, -0.2) is 66.8 Å². The Labute approximate surface area is 210 Å². The molecule has 3 rings (SSSR count). The number of hydrogen-bond donors (Lipinski definition) is 6. The Morgan fingerprint density at radius 1 is 1.11 bits per heavy atom. The molecule has 0 saturated carbocycles. The van der Waals surface area contributed by atoms with Gasteiger partial charge in [-0.1, -0.05) is 30.3 Å². The zero-order valence-electron chi connectivity index (χ0n) is 19.7. The lowest BCUT2D eigenvalue weighted by Gasteiger charge is -2.15. The maximum Gasteiger partial charge on any atom is 0.408 e. The van der Waals surface area contributed by atoms with Gasteiger partial charge in [0.2, 0.25) is 17.7 Å². The number of aliphatic carboxylic acids is 1. The number of H-pyrrole nitrogens is 1. The number of carbonyl (C=O) groups excluding carboxylic acids is 2. The molecule has 0 radical (unpaired) electrons. The summed E-state index contributed by atoms with van der Waals surface area (Å²) < 4.78 is 5.82. The van der Waals surface area contributed by atoms with Gasteiger partial charge in [0.05, 0.1) is 5.69 Å². The second-order valence-corrected chi connectivity index (χ2v) is 7.82. The molecule has 0 bridgehead atoms. The van der Waals surface area contributed by atoms with E-state index in [1.54, 1.807) is 48.8 Å². The Balaban J connectivity index is 1.45. The van der Waals surface area contributed by atoms with E-state index in [0.29, 0.717) is 25.3 Å². The molecule has 0 aliphatic rings. The molecule has 0 spiro atoms. The van der Waals surface area contributed by atoms with Crippen LogP contribution in [0.25, 0.3) is 0 Å². The molecule has 1 unspecified atom stereocenters. The lowest BCUT2D eigenvalue weighted by Crippen LogP contribution is -2.49. The van der Waals surface area contributed by atoms with E-state index < -0.39 is 48.7 Å². The molecule has 0 fully saturated rings. The molecule has 1 aromatic carbocycles.